The van der Waals surface area contributed by atoms with E-state index in [9.17, 15) is 5.11 Å². The second-order valence-electron chi connectivity index (χ2n) is 9.27. The summed E-state index contributed by atoms with van der Waals surface area (Å²) >= 11 is 0. The molecule has 7 nitrogen and oxygen atoms in total. The molecule has 3 rings (SSSR count). The molecule has 3 aliphatic rings. The minimum Gasteiger partial charge on any atom is -0.396 e. The molecule has 0 bridgehead atoms. The number of nitrogens with one attached hydrogen (secondary N) is 2. The molecule has 0 aromatic heterocycles. The van der Waals surface area contributed by atoms with Crippen molar-refractivity contribution >= 4 is 5.96 Å². The fourth-order valence-electron chi connectivity index (χ4n) is 5.07. The highest BCUT2D eigenvalue weighted by atomic mass is 16.5. The molecule has 1 atom stereocenters. The molecule has 0 radical (unpaired) electrons. The zero-order valence-electron chi connectivity index (χ0n) is 18.4. The Morgan fingerprint density at radius 1 is 1.00 bits per heavy atom. The van der Waals surface area contributed by atoms with Crippen molar-refractivity contribution in [3.8, 4) is 0 Å². The summed E-state index contributed by atoms with van der Waals surface area (Å²) in [7, 11) is 0. The Bertz CT molecular complexity index is 496. The van der Waals surface area contributed by atoms with Crippen LogP contribution in [0.4, 0.5) is 0 Å². The van der Waals surface area contributed by atoms with Gasteiger partial charge in [-0.2, -0.15) is 0 Å². The number of hydrogen-bond acceptors (Lipinski definition) is 5. The van der Waals surface area contributed by atoms with E-state index in [0.29, 0.717) is 0 Å². The van der Waals surface area contributed by atoms with E-state index in [-0.39, 0.29) is 17.4 Å². The molecule has 1 saturated carbocycles. The van der Waals surface area contributed by atoms with Crippen molar-refractivity contribution in [1.29, 1.82) is 0 Å². The maximum absolute atomic E-state index is 9.48. The van der Waals surface area contributed by atoms with Crippen LogP contribution < -0.4 is 10.6 Å². The third kappa shape index (κ3) is 6.81. The second-order valence-corrected chi connectivity index (χ2v) is 9.27. The number of ether oxygens (including phenoxy) is 2. The number of guanidine groups is 1. The maximum Gasteiger partial charge on any atom is 0.191 e. The second kappa shape index (κ2) is 11.5. The molecule has 1 unspecified atom stereocenters. The predicted molar refractivity (Wildman–Crippen MR) is 116 cm³/mol. The summed E-state index contributed by atoms with van der Waals surface area (Å²) in [6.07, 6.45) is 8.32. The van der Waals surface area contributed by atoms with Gasteiger partial charge < -0.3 is 25.2 Å². The van der Waals surface area contributed by atoms with E-state index < -0.39 is 0 Å². The minimum absolute atomic E-state index is 0.0290. The van der Waals surface area contributed by atoms with Gasteiger partial charge in [-0.15, -0.1) is 0 Å². The molecule has 1 aliphatic carbocycles. The molecule has 7 heteroatoms. The fraction of sp³-hybridized carbons (Fsp3) is 0.955. The Balaban J connectivity index is 1.62. The summed E-state index contributed by atoms with van der Waals surface area (Å²) in [6.45, 7) is 11.3. The molecule has 0 aromatic carbocycles. The van der Waals surface area contributed by atoms with Crippen molar-refractivity contribution < 1.29 is 14.6 Å². The van der Waals surface area contributed by atoms with E-state index in [2.05, 4.69) is 22.5 Å². The Hall–Kier alpha value is -0.890. The lowest BCUT2D eigenvalue weighted by atomic mass is 9.73. The van der Waals surface area contributed by atoms with Gasteiger partial charge in [-0.3, -0.25) is 9.89 Å². The number of aliphatic imine (C=N–C) groups is 1. The smallest absolute Gasteiger partial charge is 0.191 e. The average Bonchev–Trinajstić information content (AvgIpc) is 3.21. The fourth-order valence-corrected chi connectivity index (χ4v) is 5.07. The molecular formula is C22H42N4O3. The highest BCUT2D eigenvalue weighted by Crippen LogP contribution is 2.37. The molecule has 0 aromatic rings. The van der Waals surface area contributed by atoms with Crippen molar-refractivity contribution in [2.45, 2.75) is 51.9 Å². The number of rotatable bonds is 9. The lowest BCUT2D eigenvalue weighted by molar-refractivity contribution is 0.00937. The van der Waals surface area contributed by atoms with Gasteiger partial charge in [0, 0.05) is 63.3 Å². The molecule has 0 amide bonds. The zero-order chi connectivity index (χ0) is 20.4. The van der Waals surface area contributed by atoms with Gasteiger partial charge in [0.15, 0.2) is 5.96 Å². The molecule has 2 heterocycles. The average molecular weight is 411 g/mol. The van der Waals surface area contributed by atoms with Gasteiger partial charge in [0.25, 0.3) is 0 Å². The van der Waals surface area contributed by atoms with E-state index >= 15 is 0 Å². The first-order valence-corrected chi connectivity index (χ1v) is 11.7. The quantitative estimate of drug-likeness (QED) is 0.396. The van der Waals surface area contributed by atoms with Gasteiger partial charge in [-0.25, -0.2) is 0 Å². The Labute approximate surface area is 176 Å². The lowest BCUT2D eigenvalue weighted by Crippen LogP contribution is -2.47. The van der Waals surface area contributed by atoms with Gasteiger partial charge in [0.1, 0.15) is 0 Å². The standard InChI is InChI=1S/C22H42N4O3/c1-2-23-20(25-17-22(8-12-27)9-13-29-19-22)24-16-21(6-4-3-5-7-21)18-26-10-14-28-15-11-26/h27H,2-19H2,1H3,(H2,23,24,25). The van der Waals surface area contributed by atoms with E-state index in [1.165, 1.54) is 32.1 Å². The van der Waals surface area contributed by atoms with Crippen LogP contribution in [0.3, 0.4) is 0 Å². The van der Waals surface area contributed by atoms with Crippen LogP contribution in [-0.2, 0) is 9.47 Å². The SMILES string of the molecule is CCNC(=NCC1(CN2CCOCC2)CCCCC1)NCC1(CCO)CCOC1. The van der Waals surface area contributed by atoms with E-state index in [1.807, 2.05) is 0 Å². The molecule has 3 fully saturated rings. The minimum atomic E-state index is 0.0290. The van der Waals surface area contributed by atoms with Crippen LogP contribution in [0.1, 0.15) is 51.9 Å². The van der Waals surface area contributed by atoms with Crippen molar-refractivity contribution in [3.05, 3.63) is 0 Å². The third-order valence-electron chi connectivity index (χ3n) is 6.95. The largest absolute Gasteiger partial charge is 0.396 e. The summed E-state index contributed by atoms with van der Waals surface area (Å²) in [5, 5.41) is 16.5. The number of hydrogen-bond donors (Lipinski definition) is 3. The summed E-state index contributed by atoms with van der Waals surface area (Å²) < 4.78 is 11.2. The first kappa shape index (κ1) is 22.8. The van der Waals surface area contributed by atoms with Crippen LogP contribution in [-0.4, -0.2) is 88.3 Å². The van der Waals surface area contributed by atoms with E-state index in [1.54, 1.807) is 0 Å². The Morgan fingerprint density at radius 3 is 2.45 bits per heavy atom. The van der Waals surface area contributed by atoms with Gasteiger partial charge in [-0.1, -0.05) is 19.3 Å². The first-order chi connectivity index (χ1) is 14.2. The summed E-state index contributed by atoms with van der Waals surface area (Å²) in [5.41, 5.74) is 0.318. The zero-order valence-corrected chi connectivity index (χ0v) is 18.4. The van der Waals surface area contributed by atoms with Crippen LogP contribution in [0.5, 0.6) is 0 Å². The van der Waals surface area contributed by atoms with Crippen LogP contribution >= 0.6 is 0 Å². The molecular weight excluding hydrogens is 368 g/mol. The van der Waals surface area contributed by atoms with E-state index in [4.69, 9.17) is 14.5 Å². The molecule has 0 spiro atoms. The highest BCUT2D eigenvalue weighted by Gasteiger charge is 2.36. The van der Waals surface area contributed by atoms with Crippen LogP contribution in [0.25, 0.3) is 0 Å². The number of morpholine rings is 1. The first-order valence-electron chi connectivity index (χ1n) is 11.7. The Kier molecular flexibility index (Phi) is 9.03. The Morgan fingerprint density at radius 2 is 1.79 bits per heavy atom. The third-order valence-corrected chi connectivity index (χ3v) is 6.95. The molecule has 2 aliphatic heterocycles. The predicted octanol–water partition coefficient (Wildman–Crippen LogP) is 1.61. The number of aliphatic hydroxyl groups is 1. The topological polar surface area (TPSA) is 78.4 Å². The van der Waals surface area contributed by atoms with Crippen LogP contribution in [0.15, 0.2) is 4.99 Å². The van der Waals surface area contributed by atoms with Gasteiger partial charge in [0.2, 0.25) is 0 Å². The summed E-state index contributed by atoms with van der Waals surface area (Å²) in [6, 6.07) is 0. The van der Waals surface area contributed by atoms with Crippen molar-refractivity contribution in [2.75, 3.05) is 72.3 Å². The van der Waals surface area contributed by atoms with Crippen molar-refractivity contribution in [3.63, 3.8) is 0 Å². The summed E-state index contributed by atoms with van der Waals surface area (Å²) in [5.74, 6) is 0.906. The van der Waals surface area contributed by atoms with Crippen molar-refractivity contribution in [1.82, 2.24) is 15.5 Å². The summed E-state index contributed by atoms with van der Waals surface area (Å²) in [4.78, 5) is 7.64. The van der Waals surface area contributed by atoms with Crippen LogP contribution in [0.2, 0.25) is 0 Å². The molecule has 3 N–H and O–H groups in total. The molecule has 29 heavy (non-hydrogen) atoms. The van der Waals surface area contributed by atoms with Crippen molar-refractivity contribution in [2.24, 2.45) is 15.8 Å². The lowest BCUT2D eigenvalue weighted by Gasteiger charge is -2.41. The monoisotopic (exact) mass is 410 g/mol. The van der Waals surface area contributed by atoms with E-state index in [0.717, 1.165) is 84.5 Å². The highest BCUT2D eigenvalue weighted by molar-refractivity contribution is 5.79. The molecule has 2 saturated heterocycles. The molecule has 168 valence electrons. The maximum atomic E-state index is 9.48. The number of nitrogens with zero attached hydrogens (tertiary/aromatic N) is 2. The normalized spacial score (nSPS) is 28.4. The van der Waals surface area contributed by atoms with Gasteiger partial charge in [0.05, 0.1) is 19.8 Å². The number of aliphatic hydroxyl groups excluding tert-OH is 1. The van der Waals surface area contributed by atoms with Gasteiger partial charge >= 0.3 is 0 Å². The van der Waals surface area contributed by atoms with Crippen LogP contribution in [0, 0.1) is 10.8 Å². The van der Waals surface area contributed by atoms with Gasteiger partial charge in [-0.05, 0) is 32.6 Å².